The molecule has 1 aromatic carbocycles. The van der Waals surface area contributed by atoms with Crippen molar-refractivity contribution in [1.29, 1.82) is 0 Å². The predicted octanol–water partition coefficient (Wildman–Crippen LogP) is 2.72. The fourth-order valence-electron chi connectivity index (χ4n) is 1.91. The van der Waals surface area contributed by atoms with Crippen LogP contribution in [0.3, 0.4) is 0 Å². The van der Waals surface area contributed by atoms with Gasteiger partial charge in [0.15, 0.2) is 5.11 Å². The second kappa shape index (κ2) is 7.73. The van der Waals surface area contributed by atoms with Gasteiger partial charge in [-0.2, -0.15) is 0 Å². The van der Waals surface area contributed by atoms with E-state index in [1.54, 1.807) is 11.0 Å². The largest absolute Gasteiger partial charge is 0.362 e. The van der Waals surface area contributed by atoms with Crippen molar-refractivity contribution in [3.8, 4) is 0 Å². The maximum Gasteiger partial charge on any atom is 0.248 e. The Balaban J connectivity index is 1.89. The van der Waals surface area contributed by atoms with E-state index in [0.29, 0.717) is 17.6 Å². The van der Waals surface area contributed by atoms with Crippen molar-refractivity contribution in [2.45, 2.75) is 33.2 Å². The maximum atomic E-state index is 5.20. The molecule has 0 bridgehead atoms. The molecule has 1 heterocycles. The fraction of sp³-hybridized carbons (Fsp3) is 0.400. The van der Waals surface area contributed by atoms with Crippen molar-refractivity contribution < 1.29 is 0 Å². The molecule has 0 fully saturated rings. The third-order valence-electron chi connectivity index (χ3n) is 3.17. The summed E-state index contributed by atoms with van der Waals surface area (Å²) in [6.07, 6.45) is 3.94. The molecule has 21 heavy (non-hydrogen) atoms. The van der Waals surface area contributed by atoms with Gasteiger partial charge in [0.2, 0.25) is 5.95 Å². The summed E-state index contributed by atoms with van der Waals surface area (Å²) < 4.78 is 1.80. The highest BCUT2D eigenvalue weighted by atomic mass is 32.1. The first-order valence-electron chi connectivity index (χ1n) is 7.18. The van der Waals surface area contributed by atoms with Crippen LogP contribution < -0.4 is 10.6 Å². The molecule has 0 aliphatic carbocycles. The Morgan fingerprint density at radius 1 is 1.33 bits per heavy atom. The lowest BCUT2D eigenvalue weighted by molar-refractivity contribution is 0.684. The molecule has 5 nitrogen and oxygen atoms in total. The molecule has 0 saturated heterocycles. The van der Waals surface area contributed by atoms with Crippen LogP contribution in [-0.2, 0) is 6.54 Å². The normalized spacial score (nSPS) is 10.4. The minimum absolute atomic E-state index is 0.526. The molecule has 0 saturated carbocycles. The summed E-state index contributed by atoms with van der Waals surface area (Å²) in [5.74, 6) is 0.526. The third kappa shape index (κ3) is 4.82. The summed E-state index contributed by atoms with van der Waals surface area (Å²) in [4.78, 5) is 4.22. The minimum atomic E-state index is 0.526. The Bertz CT molecular complexity index is 593. The second-order valence-electron chi connectivity index (χ2n) is 4.93. The molecule has 0 atom stereocenters. The van der Waals surface area contributed by atoms with E-state index in [2.05, 4.69) is 46.7 Å². The summed E-state index contributed by atoms with van der Waals surface area (Å²) in [6.45, 7) is 5.81. The van der Waals surface area contributed by atoms with Gasteiger partial charge in [-0.05, 0) is 36.7 Å². The number of aromatic nitrogens is 3. The van der Waals surface area contributed by atoms with Crippen molar-refractivity contribution >= 4 is 23.3 Å². The number of thiocarbonyl (C=S) groups is 1. The first-order chi connectivity index (χ1) is 10.2. The molecule has 2 aromatic rings. The molecule has 0 spiro atoms. The van der Waals surface area contributed by atoms with Crippen LogP contribution in [0.15, 0.2) is 30.6 Å². The Kier molecular flexibility index (Phi) is 5.68. The van der Waals surface area contributed by atoms with Crippen LogP contribution in [-0.4, -0.2) is 26.4 Å². The zero-order valence-corrected chi connectivity index (χ0v) is 13.3. The van der Waals surface area contributed by atoms with Crippen LogP contribution in [0.25, 0.3) is 0 Å². The molecule has 1 aromatic heterocycles. The average molecular weight is 303 g/mol. The molecule has 6 heteroatoms. The summed E-state index contributed by atoms with van der Waals surface area (Å²) in [6, 6.07) is 8.26. The van der Waals surface area contributed by atoms with E-state index in [9.17, 15) is 0 Å². The third-order valence-corrected chi connectivity index (χ3v) is 3.42. The van der Waals surface area contributed by atoms with Gasteiger partial charge in [0, 0.05) is 6.54 Å². The number of nitrogens with one attached hydrogen (secondary N) is 2. The molecule has 2 rings (SSSR count). The van der Waals surface area contributed by atoms with Crippen molar-refractivity contribution in [2.75, 3.05) is 11.9 Å². The van der Waals surface area contributed by atoms with E-state index in [0.717, 1.165) is 19.4 Å². The Morgan fingerprint density at radius 2 is 2.14 bits per heavy atom. The molecular formula is C15H21N5S. The summed E-state index contributed by atoms with van der Waals surface area (Å²) in [5.41, 5.74) is 2.48. The number of hydrogen-bond donors (Lipinski definition) is 2. The van der Waals surface area contributed by atoms with Crippen LogP contribution in [0.1, 0.15) is 30.9 Å². The molecule has 0 aliphatic heterocycles. The summed E-state index contributed by atoms with van der Waals surface area (Å²) in [5, 5.41) is 11.1. The average Bonchev–Trinajstić information content (AvgIpc) is 2.89. The molecule has 2 N–H and O–H groups in total. The lowest BCUT2D eigenvalue weighted by atomic mass is 10.1. The van der Waals surface area contributed by atoms with E-state index in [-0.39, 0.29) is 0 Å². The molecule has 0 aliphatic rings. The van der Waals surface area contributed by atoms with E-state index in [1.807, 2.05) is 12.1 Å². The van der Waals surface area contributed by atoms with Gasteiger partial charge >= 0.3 is 0 Å². The minimum Gasteiger partial charge on any atom is -0.362 e. The van der Waals surface area contributed by atoms with Crippen molar-refractivity contribution in [2.24, 2.45) is 0 Å². The standard InChI is InChI=1S/C15H21N5S/c1-3-4-9-16-15(21)18-14-17-11-20(19-14)10-13-8-6-5-7-12(13)2/h5-8,11H,3-4,9-10H2,1-2H3,(H2,16,18,19,21). The van der Waals surface area contributed by atoms with Gasteiger partial charge in [-0.1, -0.05) is 37.6 Å². The number of unbranched alkanes of at least 4 members (excludes halogenated alkanes) is 1. The predicted molar refractivity (Wildman–Crippen MR) is 89.4 cm³/mol. The highest BCUT2D eigenvalue weighted by Gasteiger charge is 2.04. The van der Waals surface area contributed by atoms with Gasteiger partial charge < -0.3 is 5.32 Å². The number of hydrogen-bond acceptors (Lipinski definition) is 3. The maximum absolute atomic E-state index is 5.20. The van der Waals surface area contributed by atoms with Gasteiger partial charge in [-0.15, -0.1) is 5.10 Å². The lowest BCUT2D eigenvalue weighted by Crippen LogP contribution is -2.29. The van der Waals surface area contributed by atoms with E-state index < -0.39 is 0 Å². The molecule has 0 radical (unpaired) electrons. The zero-order chi connectivity index (χ0) is 15.1. The van der Waals surface area contributed by atoms with Gasteiger partial charge in [0.05, 0.1) is 6.54 Å². The number of aryl methyl sites for hydroxylation is 1. The highest BCUT2D eigenvalue weighted by molar-refractivity contribution is 7.80. The van der Waals surface area contributed by atoms with E-state index in [1.165, 1.54) is 11.1 Å². The van der Waals surface area contributed by atoms with Gasteiger partial charge in [0.1, 0.15) is 6.33 Å². The van der Waals surface area contributed by atoms with Gasteiger partial charge in [-0.3, -0.25) is 5.32 Å². The quantitative estimate of drug-likeness (QED) is 0.635. The monoisotopic (exact) mass is 303 g/mol. The second-order valence-corrected chi connectivity index (χ2v) is 5.33. The van der Waals surface area contributed by atoms with Crippen LogP contribution in [0.2, 0.25) is 0 Å². The first-order valence-corrected chi connectivity index (χ1v) is 7.58. The summed E-state index contributed by atoms with van der Waals surface area (Å²) in [7, 11) is 0. The smallest absolute Gasteiger partial charge is 0.248 e. The zero-order valence-electron chi connectivity index (χ0n) is 12.5. The fourth-order valence-corrected chi connectivity index (χ4v) is 2.11. The van der Waals surface area contributed by atoms with Crippen molar-refractivity contribution in [3.05, 3.63) is 41.7 Å². The lowest BCUT2D eigenvalue weighted by Gasteiger charge is -2.07. The van der Waals surface area contributed by atoms with Gasteiger partial charge in [0.25, 0.3) is 0 Å². The van der Waals surface area contributed by atoms with Crippen LogP contribution >= 0.6 is 12.2 Å². The molecule has 0 unspecified atom stereocenters. The Morgan fingerprint density at radius 3 is 2.90 bits per heavy atom. The number of benzene rings is 1. The van der Waals surface area contributed by atoms with Crippen LogP contribution in [0, 0.1) is 6.92 Å². The molecular weight excluding hydrogens is 282 g/mol. The van der Waals surface area contributed by atoms with Crippen LogP contribution in [0.5, 0.6) is 0 Å². The summed E-state index contributed by atoms with van der Waals surface area (Å²) >= 11 is 5.20. The SMILES string of the molecule is CCCCNC(=S)Nc1ncn(Cc2ccccc2C)n1. The Labute approximate surface area is 130 Å². The molecule has 112 valence electrons. The topological polar surface area (TPSA) is 54.8 Å². The highest BCUT2D eigenvalue weighted by Crippen LogP contribution is 2.09. The molecule has 0 amide bonds. The van der Waals surface area contributed by atoms with Crippen LogP contribution in [0.4, 0.5) is 5.95 Å². The van der Waals surface area contributed by atoms with Gasteiger partial charge in [-0.25, -0.2) is 9.67 Å². The van der Waals surface area contributed by atoms with Crippen molar-refractivity contribution in [1.82, 2.24) is 20.1 Å². The number of anilines is 1. The Hall–Kier alpha value is -1.95. The first kappa shape index (κ1) is 15.4. The van der Waals surface area contributed by atoms with E-state index in [4.69, 9.17) is 12.2 Å². The number of rotatable bonds is 6. The number of nitrogens with zero attached hydrogens (tertiary/aromatic N) is 3. The van der Waals surface area contributed by atoms with E-state index >= 15 is 0 Å². The van der Waals surface area contributed by atoms with Crippen molar-refractivity contribution in [3.63, 3.8) is 0 Å².